The second-order valence-electron chi connectivity index (χ2n) is 6.04. The number of hydrogen-bond acceptors (Lipinski definition) is 4. The average Bonchev–Trinajstić information content (AvgIpc) is 2.63. The number of benzene rings is 1. The largest absolute Gasteiger partial charge is 0.379 e. The molecule has 0 radical (unpaired) electrons. The summed E-state index contributed by atoms with van der Waals surface area (Å²) >= 11 is 5.92. The van der Waals surface area contributed by atoms with Gasteiger partial charge in [-0.1, -0.05) is 23.7 Å². The maximum absolute atomic E-state index is 12.4. The van der Waals surface area contributed by atoms with Crippen molar-refractivity contribution in [3.05, 3.63) is 34.9 Å². The number of rotatable bonds is 4. The third-order valence-corrected chi connectivity index (χ3v) is 4.66. The fraction of sp³-hybridized carbons (Fsp3) is 0.588. The molecule has 2 aliphatic heterocycles. The van der Waals surface area contributed by atoms with Gasteiger partial charge in [0.1, 0.15) is 6.10 Å². The summed E-state index contributed by atoms with van der Waals surface area (Å²) in [6.45, 7) is 6.67. The van der Waals surface area contributed by atoms with Gasteiger partial charge in [-0.3, -0.25) is 4.90 Å². The molecule has 3 rings (SSSR count). The van der Waals surface area contributed by atoms with Crippen LogP contribution in [0.5, 0.6) is 0 Å². The van der Waals surface area contributed by atoms with Crippen LogP contribution < -0.4 is 5.32 Å². The van der Waals surface area contributed by atoms with E-state index in [9.17, 15) is 4.79 Å². The SMILES string of the molecule is O=C(NCCN1CCOCC1)N1CCOC(c2ccc(Cl)cc2)C1. The van der Waals surface area contributed by atoms with Gasteiger partial charge in [0.25, 0.3) is 0 Å². The Morgan fingerprint density at radius 1 is 1.17 bits per heavy atom. The van der Waals surface area contributed by atoms with Gasteiger partial charge in [-0.25, -0.2) is 4.79 Å². The molecule has 6 nitrogen and oxygen atoms in total. The zero-order valence-electron chi connectivity index (χ0n) is 13.7. The van der Waals surface area contributed by atoms with Gasteiger partial charge >= 0.3 is 6.03 Å². The second kappa shape index (κ2) is 8.67. The molecular weight excluding hydrogens is 330 g/mol. The highest BCUT2D eigenvalue weighted by molar-refractivity contribution is 6.30. The van der Waals surface area contributed by atoms with Crippen LogP contribution in [0.4, 0.5) is 4.79 Å². The Labute approximate surface area is 147 Å². The Morgan fingerprint density at radius 2 is 1.92 bits per heavy atom. The lowest BCUT2D eigenvalue weighted by molar-refractivity contribution is -0.0156. The van der Waals surface area contributed by atoms with Gasteiger partial charge in [-0.05, 0) is 17.7 Å². The molecule has 0 aliphatic carbocycles. The number of carbonyl (C=O) groups is 1. The third kappa shape index (κ3) is 4.83. The lowest BCUT2D eigenvalue weighted by Gasteiger charge is -2.33. The van der Waals surface area contributed by atoms with Gasteiger partial charge in [-0.2, -0.15) is 0 Å². The molecule has 1 N–H and O–H groups in total. The van der Waals surface area contributed by atoms with E-state index in [1.165, 1.54) is 0 Å². The highest BCUT2D eigenvalue weighted by atomic mass is 35.5. The van der Waals surface area contributed by atoms with Crippen molar-refractivity contribution < 1.29 is 14.3 Å². The van der Waals surface area contributed by atoms with Crippen molar-refractivity contribution in [1.29, 1.82) is 0 Å². The molecule has 132 valence electrons. The summed E-state index contributed by atoms with van der Waals surface area (Å²) in [5.74, 6) is 0. The first-order valence-corrected chi connectivity index (χ1v) is 8.80. The molecule has 0 saturated carbocycles. The summed E-state index contributed by atoms with van der Waals surface area (Å²) in [4.78, 5) is 16.5. The molecule has 1 unspecified atom stereocenters. The number of hydrogen-bond donors (Lipinski definition) is 1. The summed E-state index contributed by atoms with van der Waals surface area (Å²) in [5.41, 5.74) is 1.05. The molecule has 7 heteroatoms. The predicted octanol–water partition coefficient (Wildman–Crippen LogP) is 1.76. The van der Waals surface area contributed by atoms with Crippen molar-refractivity contribution in [1.82, 2.24) is 15.1 Å². The highest BCUT2D eigenvalue weighted by Gasteiger charge is 2.25. The van der Waals surface area contributed by atoms with E-state index in [4.69, 9.17) is 21.1 Å². The number of nitrogens with one attached hydrogen (secondary N) is 1. The maximum atomic E-state index is 12.4. The zero-order valence-corrected chi connectivity index (χ0v) is 14.5. The molecule has 2 saturated heterocycles. The Morgan fingerprint density at radius 3 is 2.67 bits per heavy atom. The van der Waals surface area contributed by atoms with Crippen LogP contribution in [0.25, 0.3) is 0 Å². The van der Waals surface area contributed by atoms with E-state index in [0.717, 1.165) is 38.4 Å². The van der Waals surface area contributed by atoms with Crippen LogP contribution in [0.15, 0.2) is 24.3 Å². The van der Waals surface area contributed by atoms with Crippen LogP contribution >= 0.6 is 11.6 Å². The monoisotopic (exact) mass is 353 g/mol. The molecule has 0 spiro atoms. The Hall–Kier alpha value is -1.34. The third-order valence-electron chi connectivity index (χ3n) is 4.40. The first-order chi connectivity index (χ1) is 11.7. The van der Waals surface area contributed by atoms with Crippen LogP contribution in [0.3, 0.4) is 0 Å². The summed E-state index contributed by atoms with van der Waals surface area (Å²) in [6, 6.07) is 7.58. The van der Waals surface area contributed by atoms with Gasteiger partial charge in [0.2, 0.25) is 0 Å². The Kier molecular flexibility index (Phi) is 6.31. The van der Waals surface area contributed by atoms with Crippen LogP contribution in [0.2, 0.25) is 5.02 Å². The number of amides is 2. The summed E-state index contributed by atoms with van der Waals surface area (Å²) in [6.07, 6.45) is -0.0963. The lowest BCUT2D eigenvalue weighted by Crippen LogP contribution is -2.49. The van der Waals surface area contributed by atoms with Gasteiger partial charge in [0.15, 0.2) is 0 Å². The van der Waals surface area contributed by atoms with Crippen LogP contribution in [-0.2, 0) is 9.47 Å². The topological polar surface area (TPSA) is 54.0 Å². The van der Waals surface area contributed by atoms with E-state index in [0.29, 0.717) is 31.3 Å². The number of carbonyl (C=O) groups excluding carboxylic acids is 1. The number of ether oxygens (including phenoxy) is 2. The number of halogens is 1. The Balaban J connectivity index is 1.45. The minimum absolute atomic E-state index is 0.0227. The van der Waals surface area contributed by atoms with Gasteiger partial charge in [0, 0.05) is 37.7 Å². The molecule has 2 heterocycles. The Bertz CT molecular complexity index is 534. The van der Waals surface area contributed by atoms with E-state index in [2.05, 4.69) is 10.2 Å². The first-order valence-electron chi connectivity index (χ1n) is 8.42. The maximum Gasteiger partial charge on any atom is 0.317 e. The molecule has 0 bridgehead atoms. The van der Waals surface area contributed by atoms with Crippen molar-refractivity contribution in [2.45, 2.75) is 6.10 Å². The fourth-order valence-electron chi connectivity index (χ4n) is 2.97. The van der Waals surface area contributed by atoms with E-state index in [-0.39, 0.29) is 12.1 Å². The van der Waals surface area contributed by atoms with Gasteiger partial charge < -0.3 is 19.7 Å². The zero-order chi connectivity index (χ0) is 16.8. The summed E-state index contributed by atoms with van der Waals surface area (Å²) in [7, 11) is 0. The average molecular weight is 354 g/mol. The quantitative estimate of drug-likeness (QED) is 0.896. The van der Waals surface area contributed by atoms with Crippen LogP contribution in [-0.4, -0.2) is 74.9 Å². The molecule has 2 fully saturated rings. The van der Waals surface area contributed by atoms with Crippen LogP contribution in [0.1, 0.15) is 11.7 Å². The molecular formula is C17H24ClN3O3. The molecule has 0 aromatic heterocycles. The summed E-state index contributed by atoms with van der Waals surface area (Å²) in [5, 5.41) is 3.71. The number of morpholine rings is 2. The van der Waals surface area contributed by atoms with E-state index >= 15 is 0 Å². The van der Waals surface area contributed by atoms with Crippen molar-refractivity contribution >= 4 is 17.6 Å². The van der Waals surface area contributed by atoms with E-state index < -0.39 is 0 Å². The van der Waals surface area contributed by atoms with Crippen molar-refractivity contribution in [2.24, 2.45) is 0 Å². The molecule has 2 aliphatic rings. The molecule has 24 heavy (non-hydrogen) atoms. The predicted molar refractivity (Wildman–Crippen MR) is 92.4 cm³/mol. The van der Waals surface area contributed by atoms with Gasteiger partial charge in [-0.15, -0.1) is 0 Å². The first kappa shape index (κ1) is 17.5. The highest BCUT2D eigenvalue weighted by Crippen LogP contribution is 2.23. The van der Waals surface area contributed by atoms with Crippen molar-refractivity contribution in [3.8, 4) is 0 Å². The molecule has 1 aromatic carbocycles. The number of nitrogens with zero attached hydrogens (tertiary/aromatic N) is 2. The second-order valence-corrected chi connectivity index (χ2v) is 6.48. The lowest BCUT2D eigenvalue weighted by atomic mass is 10.1. The molecule has 1 aromatic rings. The minimum Gasteiger partial charge on any atom is -0.379 e. The summed E-state index contributed by atoms with van der Waals surface area (Å²) < 4.78 is 11.1. The molecule has 1 atom stereocenters. The van der Waals surface area contributed by atoms with Crippen LogP contribution in [0, 0.1) is 0 Å². The standard InChI is InChI=1S/C17H24ClN3O3/c18-15-3-1-14(2-4-15)16-13-21(9-12-24-16)17(22)19-5-6-20-7-10-23-11-8-20/h1-4,16H,5-13H2,(H,19,22). The minimum atomic E-state index is -0.0963. The normalized spacial score (nSPS) is 22.4. The number of urea groups is 1. The fourth-order valence-corrected chi connectivity index (χ4v) is 3.10. The smallest absolute Gasteiger partial charge is 0.317 e. The molecule has 2 amide bonds. The van der Waals surface area contributed by atoms with Crippen molar-refractivity contribution in [2.75, 3.05) is 59.1 Å². The van der Waals surface area contributed by atoms with E-state index in [1.807, 2.05) is 29.2 Å². The van der Waals surface area contributed by atoms with E-state index in [1.54, 1.807) is 0 Å². The van der Waals surface area contributed by atoms with Gasteiger partial charge in [0.05, 0.1) is 26.4 Å². The van der Waals surface area contributed by atoms with Crippen molar-refractivity contribution in [3.63, 3.8) is 0 Å².